The van der Waals surface area contributed by atoms with E-state index in [0.717, 1.165) is 38.9 Å². The summed E-state index contributed by atoms with van der Waals surface area (Å²) in [7, 11) is 0. The maximum Gasteiger partial charge on any atom is 0.233 e. The van der Waals surface area contributed by atoms with Crippen molar-refractivity contribution in [1.82, 2.24) is 10.2 Å². The normalized spacial score (nSPS) is 24.0. The van der Waals surface area contributed by atoms with Crippen molar-refractivity contribution in [3.05, 3.63) is 35.9 Å². The molecule has 1 aliphatic carbocycles. The topological polar surface area (TPSA) is 32.3 Å². The fourth-order valence-electron chi connectivity index (χ4n) is 3.29. The molecule has 1 N–H and O–H groups in total. The van der Waals surface area contributed by atoms with Crippen LogP contribution < -0.4 is 5.32 Å². The third-order valence-electron chi connectivity index (χ3n) is 4.57. The molecular weight excluding hydrogens is 248 g/mol. The number of amides is 1. The van der Waals surface area contributed by atoms with Crippen LogP contribution in [-0.2, 0) is 10.2 Å². The Hall–Kier alpha value is -1.35. The summed E-state index contributed by atoms with van der Waals surface area (Å²) in [5.74, 6) is 0.334. The summed E-state index contributed by atoms with van der Waals surface area (Å²) in [5, 5.41) is 3.52. The second kappa shape index (κ2) is 4.88. The Morgan fingerprint density at radius 2 is 1.90 bits per heavy atom. The summed E-state index contributed by atoms with van der Waals surface area (Å²) in [6.07, 6.45) is 3.04. The van der Waals surface area contributed by atoms with Crippen LogP contribution in [0.4, 0.5) is 0 Å². The van der Waals surface area contributed by atoms with Crippen molar-refractivity contribution in [2.45, 2.75) is 44.1 Å². The van der Waals surface area contributed by atoms with Crippen LogP contribution in [0.1, 0.15) is 38.7 Å². The van der Waals surface area contributed by atoms with Gasteiger partial charge < -0.3 is 10.2 Å². The van der Waals surface area contributed by atoms with E-state index in [2.05, 4.69) is 36.2 Å². The van der Waals surface area contributed by atoms with Crippen molar-refractivity contribution in [2.24, 2.45) is 0 Å². The quantitative estimate of drug-likeness (QED) is 0.896. The molecule has 3 heteroatoms. The largest absolute Gasteiger partial charge is 0.340 e. The predicted molar refractivity (Wildman–Crippen MR) is 80.6 cm³/mol. The maximum absolute atomic E-state index is 13.0. The van der Waals surface area contributed by atoms with Crippen molar-refractivity contribution >= 4 is 5.91 Å². The average molecular weight is 272 g/mol. The fourth-order valence-corrected chi connectivity index (χ4v) is 3.29. The van der Waals surface area contributed by atoms with E-state index >= 15 is 0 Å². The van der Waals surface area contributed by atoms with Crippen LogP contribution in [0.5, 0.6) is 0 Å². The molecule has 1 aromatic carbocycles. The number of nitrogens with one attached hydrogen (secondary N) is 1. The highest BCUT2D eigenvalue weighted by Gasteiger charge is 2.53. The van der Waals surface area contributed by atoms with Gasteiger partial charge in [0, 0.05) is 18.6 Å². The van der Waals surface area contributed by atoms with E-state index in [-0.39, 0.29) is 11.0 Å². The van der Waals surface area contributed by atoms with Crippen molar-refractivity contribution in [3.63, 3.8) is 0 Å². The summed E-state index contributed by atoms with van der Waals surface area (Å²) in [4.78, 5) is 15.1. The Kier molecular flexibility index (Phi) is 3.33. The number of benzene rings is 1. The Labute approximate surface area is 121 Å². The highest BCUT2D eigenvalue weighted by Crippen LogP contribution is 2.49. The molecule has 0 spiro atoms. The van der Waals surface area contributed by atoms with Gasteiger partial charge in [0.25, 0.3) is 0 Å². The van der Waals surface area contributed by atoms with Crippen LogP contribution in [0.3, 0.4) is 0 Å². The van der Waals surface area contributed by atoms with Gasteiger partial charge in [0.15, 0.2) is 0 Å². The molecule has 0 bridgehead atoms. The molecule has 1 amide bonds. The fraction of sp³-hybridized carbons (Fsp3) is 0.588. The summed E-state index contributed by atoms with van der Waals surface area (Å²) < 4.78 is 0. The third-order valence-corrected chi connectivity index (χ3v) is 4.57. The van der Waals surface area contributed by atoms with Crippen LogP contribution in [-0.4, -0.2) is 36.0 Å². The lowest BCUT2D eigenvalue weighted by molar-refractivity contribution is -0.134. The minimum absolute atomic E-state index is 0.0128. The Morgan fingerprint density at radius 3 is 2.55 bits per heavy atom. The Balaban J connectivity index is 1.82. The molecule has 2 aliphatic rings. The monoisotopic (exact) mass is 272 g/mol. The predicted octanol–water partition coefficient (Wildman–Crippen LogP) is 2.32. The van der Waals surface area contributed by atoms with Crippen molar-refractivity contribution in [1.29, 1.82) is 0 Å². The van der Waals surface area contributed by atoms with Crippen LogP contribution >= 0.6 is 0 Å². The standard InChI is InChI=1S/C17H24N2O/c1-16(2)13-19(12-6-11-18-16)15(20)17(9-10-17)14-7-4-3-5-8-14/h3-5,7-8,18H,6,9-13H2,1-2H3. The van der Waals surface area contributed by atoms with Gasteiger partial charge in [-0.05, 0) is 45.2 Å². The van der Waals surface area contributed by atoms with Gasteiger partial charge in [0.2, 0.25) is 5.91 Å². The zero-order chi connectivity index (χ0) is 14.2. The minimum Gasteiger partial charge on any atom is -0.340 e. The summed E-state index contributed by atoms with van der Waals surface area (Å²) in [6.45, 7) is 7.04. The summed E-state index contributed by atoms with van der Waals surface area (Å²) in [6, 6.07) is 10.3. The number of nitrogens with zero attached hydrogens (tertiary/aromatic N) is 1. The summed E-state index contributed by atoms with van der Waals surface area (Å²) in [5.41, 5.74) is 0.987. The number of rotatable bonds is 2. The maximum atomic E-state index is 13.0. The lowest BCUT2D eigenvalue weighted by Gasteiger charge is -2.32. The molecule has 0 aromatic heterocycles. The van der Waals surface area contributed by atoms with E-state index in [1.807, 2.05) is 18.2 Å². The second-order valence-electron chi connectivity index (χ2n) is 6.84. The zero-order valence-corrected chi connectivity index (χ0v) is 12.5. The number of carbonyl (C=O) groups is 1. The molecule has 20 heavy (non-hydrogen) atoms. The molecule has 1 aliphatic heterocycles. The third kappa shape index (κ3) is 2.47. The number of hydrogen-bond acceptors (Lipinski definition) is 2. The van der Waals surface area contributed by atoms with E-state index in [0.29, 0.717) is 5.91 Å². The highest BCUT2D eigenvalue weighted by atomic mass is 16.2. The molecule has 0 unspecified atom stereocenters. The molecule has 1 aromatic rings. The van der Waals surface area contributed by atoms with E-state index < -0.39 is 0 Å². The van der Waals surface area contributed by atoms with Gasteiger partial charge in [0.1, 0.15) is 0 Å². The van der Waals surface area contributed by atoms with Gasteiger partial charge in [-0.3, -0.25) is 4.79 Å². The van der Waals surface area contributed by atoms with Gasteiger partial charge >= 0.3 is 0 Å². The molecular formula is C17H24N2O. The zero-order valence-electron chi connectivity index (χ0n) is 12.5. The van der Waals surface area contributed by atoms with Gasteiger partial charge in [-0.15, -0.1) is 0 Å². The van der Waals surface area contributed by atoms with Gasteiger partial charge in [-0.2, -0.15) is 0 Å². The van der Waals surface area contributed by atoms with Crippen LogP contribution in [0, 0.1) is 0 Å². The lowest BCUT2D eigenvalue weighted by atomic mass is 9.93. The van der Waals surface area contributed by atoms with Crippen LogP contribution in [0.15, 0.2) is 30.3 Å². The van der Waals surface area contributed by atoms with Crippen LogP contribution in [0.25, 0.3) is 0 Å². The second-order valence-corrected chi connectivity index (χ2v) is 6.84. The van der Waals surface area contributed by atoms with Gasteiger partial charge in [-0.1, -0.05) is 30.3 Å². The minimum atomic E-state index is -0.221. The van der Waals surface area contributed by atoms with Gasteiger partial charge in [-0.25, -0.2) is 0 Å². The molecule has 1 saturated carbocycles. The van der Waals surface area contributed by atoms with E-state index in [1.165, 1.54) is 5.56 Å². The molecule has 0 atom stereocenters. The van der Waals surface area contributed by atoms with Crippen molar-refractivity contribution < 1.29 is 4.79 Å². The number of hydrogen-bond donors (Lipinski definition) is 1. The SMILES string of the molecule is CC1(C)CN(C(=O)C2(c3ccccc3)CC2)CCCN1. The first-order valence-corrected chi connectivity index (χ1v) is 7.64. The van der Waals surface area contributed by atoms with E-state index in [9.17, 15) is 4.79 Å². The lowest BCUT2D eigenvalue weighted by Crippen LogP contribution is -2.50. The molecule has 3 rings (SSSR count). The molecule has 2 fully saturated rings. The van der Waals surface area contributed by atoms with E-state index in [1.54, 1.807) is 0 Å². The van der Waals surface area contributed by atoms with Crippen LogP contribution in [0.2, 0.25) is 0 Å². The molecule has 1 heterocycles. The highest BCUT2D eigenvalue weighted by molar-refractivity contribution is 5.91. The van der Waals surface area contributed by atoms with Crippen molar-refractivity contribution in [3.8, 4) is 0 Å². The Morgan fingerprint density at radius 1 is 1.20 bits per heavy atom. The molecule has 0 radical (unpaired) electrons. The Bertz CT molecular complexity index is 491. The summed E-state index contributed by atoms with van der Waals surface area (Å²) >= 11 is 0. The average Bonchev–Trinajstić information content (AvgIpc) is 3.24. The van der Waals surface area contributed by atoms with Crippen molar-refractivity contribution in [2.75, 3.05) is 19.6 Å². The van der Waals surface area contributed by atoms with Gasteiger partial charge in [0.05, 0.1) is 5.41 Å². The molecule has 3 nitrogen and oxygen atoms in total. The molecule has 1 saturated heterocycles. The first-order valence-electron chi connectivity index (χ1n) is 7.64. The smallest absolute Gasteiger partial charge is 0.233 e. The first-order chi connectivity index (χ1) is 9.54. The van der Waals surface area contributed by atoms with E-state index in [4.69, 9.17) is 0 Å². The molecule has 108 valence electrons. The number of carbonyl (C=O) groups excluding carboxylic acids is 1. The first kappa shape index (κ1) is 13.6.